The number of benzene rings is 1. The third-order valence-corrected chi connectivity index (χ3v) is 3.63. The quantitative estimate of drug-likeness (QED) is 0.892. The number of nitrogens with one attached hydrogen (secondary N) is 1. The highest BCUT2D eigenvalue weighted by Crippen LogP contribution is 2.23. The van der Waals surface area contributed by atoms with E-state index in [1.165, 1.54) is 11.1 Å². The number of hydrogen-bond acceptors (Lipinski definition) is 2. The molecule has 0 radical (unpaired) electrons. The SMILES string of the molecule is CC(NCC(C)(C)c1ccccc1)c1cnn(C)c1. The van der Waals surface area contributed by atoms with E-state index in [1.807, 2.05) is 17.9 Å². The van der Waals surface area contributed by atoms with E-state index >= 15 is 0 Å². The molecule has 0 aliphatic carbocycles. The molecule has 0 aliphatic heterocycles. The van der Waals surface area contributed by atoms with E-state index in [-0.39, 0.29) is 5.41 Å². The predicted molar refractivity (Wildman–Crippen MR) is 79.1 cm³/mol. The van der Waals surface area contributed by atoms with E-state index in [0.29, 0.717) is 6.04 Å². The Morgan fingerprint density at radius 3 is 2.53 bits per heavy atom. The van der Waals surface area contributed by atoms with Crippen LogP contribution >= 0.6 is 0 Å². The normalized spacial score (nSPS) is 13.5. The zero-order valence-electron chi connectivity index (χ0n) is 12.2. The van der Waals surface area contributed by atoms with Crippen LogP contribution in [0.4, 0.5) is 0 Å². The van der Waals surface area contributed by atoms with Crippen molar-refractivity contribution in [2.75, 3.05) is 6.54 Å². The van der Waals surface area contributed by atoms with Gasteiger partial charge in [0.1, 0.15) is 0 Å². The van der Waals surface area contributed by atoms with E-state index in [2.05, 4.69) is 67.7 Å². The lowest BCUT2D eigenvalue weighted by atomic mass is 9.84. The van der Waals surface area contributed by atoms with Gasteiger partial charge in [-0.2, -0.15) is 5.10 Å². The van der Waals surface area contributed by atoms with Crippen molar-refractivity contribution in [3.05, 3.63) is 53.9 Å². The first-order chi connectivity index (χ1) is 8.99. The van der Waals surface area contributed by atoms with Crippen LogP contribution in [0.3, 0.4) is 0 Å². The summed E-state index contributed by atoms with van der Waals surface area (Å²) in [4.78, 5) is 0. The molecule has 1 N–H and O–H groups in total. The zero-order valence-corrected chi connectivity index (χ0v) is 12.2. The Kier molecular flexibility index (Phi) is 4.05. The first-order valence-electron chi connectivity index (χ1n) is 6.76. The molecule has 1 atom stereocenters. The van der Waals surface area contributed by atoms with Crippen LogP contribution in [0.25, 0.3) is 0 Å². The summed E-state index contributed by atoms with van der Waals surface area (Å²) in [5.74, 6) is 0. The Hall–Kier alpha value is -1.61. The topological polar surface area (TPSA) is 29.9 Å². The number of aryl methyl sites for hydroxylation is 1. The largest absolute Gasteiger partial charge is 0.309 e. The molecule has 1 aromatic carbocycles. The lowest BCUT2D eigenvalue weighted by Crippen LogP contribution is -2.34. The molecule has 0 amide bonds. The van der Waals surface area contributed by atoms with Crippen molar-refractivity contribution in [2.45, 2.75) is 32.2 Å². The maximum Gasteiger partial charge on any atom is 0.0537 e. The van der Waals surface area contributed by atoms with Gasteiger partial charge in [-0.05, 0) is 12.5 Å². The average Bonchev–Trinajstić information content (AvgIpc) is 2.84. The van der Waals surface area contributed by atoms with E-state index in [0.717, 1.165) is 6.54 Å². The maximum absolute atomic E-state index is 4.22. The lowest BCUT2D eigenvalue weighted by molar-refractivity contribution is 0.435. The summed E-state index contributed by atoms with van der Waals surface area (Å²) in [6.07, 6.45) is 3.99. The Bertz CT molecular complexity index is 514. The van der Waals surface area contributed by atoms with Crippen LogP contribution in [0.2, 0.25) is 0 Å². The summed E-state index contributed by atoms with van der Waals surface area (Å²) in [7, 11) is 1.95. The van der Waals surface area contributed by atoms with Crippen molar-refractivity contribution >= 4 is 0 Å². The second-order valence-electron chi connectivity index (χ2n) is 5.80. The molecule has 0 saturated carbocycles. The highest BCUT2D eigenvalue weighted by molar-refractivity contribution is 5.24. The van der Waals surface area contributed by atoms with Gasteiger partial charge in [0.25, 0.3) is 0 Å². The van der Waals surface area contributed by atoms with Crippen LogP contribution < -0.4 is 5.32 Å². The van der Waals surface area contributed by atoms with Gasteiger partial charge in [-0.25, -0.2) is 0 Å². The molecule has 0 aliphatic rings. The Morgan fingerprint density at radius 2 is 1.95 bits per heavy atom. The minimum absolute atomic E-state index is 0.123. The van der Waals surface area contributed by atoms with Gasteiger partial charge in [-0.3, -0.25) is 4.68 Å². The Morgan fingerprint density at radius 1 is 1.26 bits per heavy atom. The fourth-order valence-electron chi connectivity index (χ4n) is 2.18. The van der Waals surface area contributed by atoms with Gasteiger partial charge in [0.2, 0.25) is 0 Å². The van der Waals surface area contributed by atoms with E-state index in [4.69, 9.17) is 0 Å². The van der Waals surface area contributed by atoms with Gasteiger partial charge >= 0.3 is 0 Å². The third kappa shape index (κ3) is 3.44. The molecule has 102 valence electrons. The van der Waals surface area contributed by atoms with Gasteiger partial charge < -0.3 is 5.32 Å². The molecule has 0 bridgehead atoms. The highest BCUT2D eigenvalue weighted by Gasteiger charge is 2.21. The minimum atomic E-state index is 0.123. The molecule has 1 heterocycles. The van der Waals surface area contributed by atoms with Crippen molar-refractivity contribution in [1.29, 1.82) is 0 Å². The predicted octanol–water partition coefficient (Wildman–Crippen LogP) is 3.05. The van der Waals surface area contributed by atoms with Crippen molar-refractivity contribution in [3.63, 3.8) is 0 Å². The monoisotopic (exact) mass is 257 g/mol. The Balaban J connectivity index is 1.98. The van der Waals surface area contributed by atoms with Gasteiger partial charge in [-0.15, -0.1) is 0 Å². The van der Waals surface area contributed by atoms with Crippen molar-refractivity contribution in [2.24, 2.45) is 7.05 Å². The van der Waals surface area contributed by atoms with Crippen LogP contribution in [-0.4, -0.2) is 16.3 Å². The zero-order chi connectivity index (χ0) is 13.9. The van der Waals surface area contributed by atoms with Gasteiger partial charge in [0.15, 0.2) is 0 Å². The van der Waals surface area contributed by atoms with Crippen LogP contribution in [0.1, 0.15) is 37.9 Å². The molecule has 0 fully saturated rings. The number of rotatable bonds is 5. The summed E-state index contributed by atoms with van der Waals surface area (Å²) in [5.41, 5.74) is 2.71. The second-order valence-corrected chi connectivity index (χ2v) is 5.80. The van der Waals surface area contributed by atoms with E-state index < -0.39 is 0 Å². The summed E-state index contributed by atoms with van der Waals surface area (Å²) >= 11 is 0. The van der Waals surface area contributed by atoms with Crippen LogP contribution in [-0.2, 0) is 12.5 Å². The summed E-state index contributed by atoms with van der Waals surface area (Å²) < 4.78 is 1.84. The minimum Gasteiger partial charge on any atom is -0.309 e. The molecule has 2 rings (SSSR count). The summed E-state index contributed by atoms with van der Waals surface area (Å²) in [6, 6.07) is 11.0. The van der Waals surface area contributed by atoms with E-state index in [1.54, 1.807) is 0 Å². The lowest BCUT2D eigenvalue weighted by Gasteiger charge is -2.27. The molecule has 0 saturated heterocycles. The molecule has 1 unspecified atom stereocenters. The summed E-state index contributed by atoms with van der Waals surface area (Å²) in [5, 5.41) is 7.81. The highest BCUT2D eigenvalue weighted by atomic mass is 15.2. The number of aromatic nitrogens is 2. The first kappa shape index (κ1) is 13.8. The number of nitrogens with zero attached hydrogens (tertiary/aromatic N) is 2. The van der Waals surface area contributed by atoms with Crippen LogP contribution in [0.15, 0.2) is 42.7 Å². The van der Waals surface area contributed by atoms with Gasteiger partial charge in [0, 0.05) is 36.8 Å². The molecule has 3 heteroatoms. The average molecular weight is 257 g/mol. The number of hydrogen-bond donors (Lipinski definition) is 1. The Labute approximate surface area is 115 Å². The fraction of sp³-hybridized carbons (Fsp3) is 0.438. The molecule has 2 aromatic rings. The molecule has 19 heavy (non-hydrogen) atoms. The fourth-order valence-corrected chi connectivity index (χ4v) is 2.18. The van der Waals surface area contributed by atoms with Crippen LogP contribution in [0, 0.1) is 0 Å². The molecular weight excluding hydrogens is 234 g/mol. The van der Waals surface area contributed by atoms with Gasteiger partial charge in [0.05, 0.1) is 6.20 Å². The molecule has 0 spiro atoms. The van der Waals surface area contributed by atoms with Crippen LogP contribution in [0.5, 0.6) is 0 Å². The van der Waals surface area contributed by atoms with Crippen molar-refractivity contribution < 1.29 is 0 Å². The smallest absolute Gasteiger partial charge is 0.0537 e. The molecule has 1 aromatic heterocycles. The summed E-state index contributed by atoms with van der Waals surface area (Å²) in [6.45, 7) is 7.65. The van der Waals surface area contributed by atoms with Crippen molar-refractivity contribution in [3.8, 4) is 0 Å². The third-order valence-electron chi connectivity index (χ3n) is 3.63. The van der Waals surface area contributed by atoms with E-state index in [9.17, 15) is 0 Å². The first-order valence-corrected chi connectivity index (χ1v) is 6.76. The standard InChI is InChI=1S/C16H23N3/c1-13(14-10-18-19(4)11-14)17-12-16(2,3)15-8-6-5-7-9-15/h5-11,13,17H,12H2,1-4H3. The van der Waals surface area contributed by atoms with Gasteiger partial charge in [-0.1, -0.05) is 44.2 Å². The maximum atomic E-state index is 4.22. The second kappa shape index (κ2) is 5.57. The van der Waals surface area contributed by atoms with Crippen molar-refractivity contribution in [1.82, 2.24) is 15.1 Å². The molecular formula is C16H23N3. The molecule has 3 nitrogen and oxygen atoms in total.